The minimum Gasteiger partial charge on any atom is -0.315 e. The van der Waals surface area contributed by atoms with Crippen molar-refractivity contribution < 1.29 is 0 Å². The summed E-state index contributed by atoms with van der Waals surface area (Å²) in [5.74, 6) is 0.851. The van der Waals surface area contributed by atoms with Gasteiger partial charge in [-0.05, 0) is 39.3 Å². The predicted octanol–water partition coefficient (Wildman–Crippen LogP) is 1.71. The van der Waals surface area contributed by atoms with Crippen molar-refractivity contribution >= 4 is 0 Å². The molecule has 1 heterocycles. The van der Waals surface area contributed by atoms with Crippen molar-refractivity contribution in [3.63, 3.8) is 0 Å². The Morgan fingerprint density at radius 1 is 1.46 bits per heavy atom. The molecule has 1 aliphatic rings. The lowest BCUT2D eigenvalue weighted by atomic mass is 9.92. The van der Waals surface area contributed by atoms with E-state index in [1.54, 1.807) is 0 Å². The van der Waals surface area contributed by atoms with Gasteiger partial charge in [-0.15, -0.1) is 0 Å². The van der Waals surface area contributed by atoms with Gasteiger partial charge in [-0.2, -0.15) is 0 Å². The van der Waals surface area contributed by atoms with Gasteiger partial charge in [0, 0.05) is 18.6 Å². The number of hydrogen-bond donors (Lipinski definition) is 1. The molecule has 0 saturated carbocycles. The van der Waals surface area contributed by atoms with E-state index in [0.29, 0.717) is 6.04 Å². The van der Waals surface area contributed by atoms with Gasteiger partial charge in [0.15, 0.2) is 0 Å². The Kier molecular flexibility index (Phi) is 4.20. The van der Waals surface area contributed by atoms with Crippen LogP contribution in [0.5, 0.6) is 0 Å². The van der Waals surface area contributed by atoms with E-state index in [1.165, 1.54) is 26.1 Å². The molecular weight excluding hydrogens is 160 g/mol. The van der Waals surface area contributed by atoms with Gasteiger partial charge in [0.25, 0.3) is 0 Å². The quantitative estimate of drug-likeness (QED) is 0.718. The van der Waals surface area contributed by atoms with Crippen molar-refractivity contribution in [3.05, 3.63) is 0 Å². The molecule has 13 heavy (non-hydrogen) atoms. The molecular formula is C11H24N2. The van der Waals surface area contributed by atoms with E-state index in [4.69, 9.17) is 0 Å². The Morgan fingerprint density at radius 2 is 2.15 bits per heavy atom. The SMILES string of the molecule is CCN(C(C)C)C1CNCCC1C. The molecule has 2 heteroatoms. The van der Waals surface area contributed by atoms with Gasteiger partial charge in [0.1, 0.15) is 0 Å². The Balaban J connectivity index is 2.55. The number of hydrogen-bond acceptors (Lipinski definition) is 2. The van der Waals surface area contributed by atoms with Crippen molar-refractivity contribution in [3.8, 4) is 0 Å². The van der Waals surface area contributed by atoms with Crippen molar-refractivity contribution in [2.45, 2.75) is 46.2 Å². The van der Waals surface area contributed by atoms with Crippen LogP contribution in [0.15, 0.2) is 0 Å². The molecule has 0 aromatic heterocycles. The zero-order chi connectivity index (χ0) is 9.84. The van der Waals surface area contributed by atoms with Crippen LogP contribution in [0.1, 0.15) is 34.1 Å². The topological polar surface area (TPSA) is 15.3 Å². The first-order valence-corrected chi connectivity index (χ1v) is 5.63. The van der Waals surface area contributed by atoms with E-state index in [-0.39, 0.29) is 0 Å². The zero-order valence-corrected chi connectivity index (χ0v) is 9.51. The summed E-state index contributed by atoms with van der Waals surface area (Å²) in [6, 6.07) is 1.43. The van der Waals surface area contributed by atoms with Crippen LogP contribution >= 0.6 is 0 Å². The molecule has 2 nitrogen and oxygen atoms in total. The summed E-state index contributed by atoms with van der Waals surface area (Å²) < 4.78 is 0. The Morgan fingerprint density at radius 3 is 2.62 bits per heavy atom. The summed E-state index contributed by atoms with van der Waals surface area (Å²) in [7, 11) is 0. The third-order valence-corrected chi connectivity index (χ3v) is 3.24. The summed E-state index contributed by atoms with van der Waals surface area (Å²) in [4.78, 5) is 2.61. The lowest BCUT2D eigenvalue weighted by Gasteiger charge is -2.40. The van der Waals surface area contributed by atoms with Gasteiger partial charge >= 0.3 is 0 Å². The molecule has 1 aliphatic heterocycles. The smallest absolute Gasteiger partial charge is 0.0249 e. The van der Waals surface area contributed by atoms with E-state index < -0.39 is 0 Å². The van der Waals surface area contributed by atoms with E-state index in [0.717, 1.165) is 12.0 Å². The fourth-order valence-electron chi connectivity index (χ4n) is 2.40. The fourth-order valence-corrected chi connectivity index (χ4v) is 2.40. The number of piperidine rings is 1. The normalized spacial score (nSPS) is 30.0. The van der Waals surface area contributed by atoms with E-state index in [9.17, 15) is 0 Å². The summed E-state index contributed by atoms with van der Waals surface area (Å²) >= 11 is 0. The predicted molar refractivity (Wildman–Crippen MR) is 58.0 cm³/mol. The van der Waals surface area contributed by atoms with Gasteiger partial charge in [-0.3, -0.25) is 4.90 Å². The Hall–Kier alpha value is -0.0800. The monoisotopic (exact) mass is 184 g/mol. The maximum Gasteiger partial charge on any atom is 0.0249 e. The largest absolute Gasteiger partial charge is 0.315 e. The molecule has 1 N–H and O–H groups in total. The van der Waals surface area contributed by atoms with Gasteiger partial charge < -0.3 is 5.32 Å². The Labute approximate surface area is 82.7 Å². The third-order valence-electron chi connectivity index (χ3n) is 3.24. The van der Waals surface area contributed by atoms with Crippen LogP contribution in [-0.2, 0) is 0 Å². The van der Waals surface area contributed by atoms with Crippen molar-refractivity contribution in [2.24, 2.45) is 5.92 Å². The molecule has 0 bridgehead atoms. The summed E-state index contributed by atoms with van der Waals surface area (Å²) in [5.41, 5.74) is 0. The average Bonchev–Trinajstić information content (AvgIpc) is 2.09. The van der Waals surface area contributed by atoms with Crippen LogP contribution in [0.3, 0.4) is 0 Å². The molecule has 0 aromatic carbocycles. The van der Waals surface area contributed by atoms with E-state index in [2.05, 4.69) is 37.9 Å². The molecule has 1 saturated heterocycles. The minimum absolute atomic E-state index is 0.678. The van der Waals surface area contributed by atoms with Crippen LogP contribution in [0.25, 0.3) is 0 Å². The number of rotatable bonds is 3. The molecule has 2 unspecified atom stereocenters. The van der Waals surface area contributed by atoms with Crippen LogP contribution < -0.4 is 5.32 Å². The lowest BCUT2D eigenvalue weighted by molar-refractivity contribution is 0.0980. The first-order chi connectivity index (χ1) is 6.16. The number of nitrogens with one attached hydrogen (secondary N) is 1. The first kappa shape index (κ1) is 11.0. The highest BCUT2D eigenvalue weighted by Crippen LogP contribution is 2.19. The summed E-state index contributed by atoms with van der Waals surface area (Å²) in [6.45, 7) is 12.8. The van der Waals surface area contributed by atoms with Crippen molar-refractivity contribution in [1.82, 2.24) is 10.2 Å². The van der Waals surface area contributed by atoms with Gasteiger partial charge in [0.2, 0.25) is 0 Å². The van der Waals surface area contributed by atoms with Crippen LogP contribution in [0.2, 0.25) is 0 Å². The van der Waals surface area contributed by atoms with Gasteiger partial charge in [-0.25, -0.2) is 0 Å². The van der Waals surface area contributed by atoms with Crippen molar-refractivity contribution in [1.29, 1.82) is 0 Å². The molecule has 0 amide bonds. The van der Waals surface area contributed by atoms with Crippen LogP contribution in [-0.4, -0.2) is 36.6 Å². The summed E-state index contributed by atoms with van der Waals surface area (Å²) in [6.07, 6.45) is 1.33. The minimum atomic E-state index is 0.678. The highest BCUT2D eigenvalue weighted by atomic mass is 15.2. The third kappa shape index (κ3) is 2.68. The van der Waals surface area contributed by atoms with Gasteiger partial charge in [0.05, 0.1) is 0 Å². The average molecular weight is 184 g/mol. The molecule has 0 spiro atoms. The number of likely N-dealkylation sites (N-methyl/N-ethyl adjacent to an activating group) is 1. The first-order valence-electron chi connectivity index (χ1n) is 5.63. The maximum atomic E-state index is 3.49. The Bertz CT molecular complexity index is 145. The molecule has 0 radical (unpaired) electrons. The number of nitrogens with zero attached hydrogens (tertiary/aromatic N) is 1. The van der Waals surface area contributed by atoms with Crippen LogP contribution in [0, 0.1) is 5.92 Å². The molecule has 78 valence electrons. The second-order valence-electron chi connectivity index (χ2n) is 4.46. The highest BCUT2D eigenvalue weighted by Gasteiger charge is 2.27. The maximum absolute atomic E-state index is 3.49. The standard InChI is InChI=1S/C11H24N2/c1-5-13(9(2)3)11-8-12-7-6-10(11)4/h9-12H,5-8H2,1-4H3. The second kappa shape index (κ2) is 4.97. The van der Waals surface area contributed by atoms with E-state index >= 15 is 0 Å². The van der Waals surface area contributed by atoms with Crippen molar-refractivity contribution in [2.75, 3.05) is 19.6 Å². The van der Waals surface area contributed by atoms with Gasteiger partial charge in [-0.1, -0.05) is 13.8 Å². The molecule has 2 atom stereocenters. The molecule has 0 aliphatic carbocycles. The molecule has 1 fully saturated rings. The fraction of sp³-hybridized carbons (Fsp3) is 1.00. The zero-order valence-electron chi connectivity index (χ0n) is 9.51. The highest BCUT2D eigenvalue weighted by molar-refractivity contribution is 4.84. The molecule has 0 aromatic rings. The molecule has 1 rings (SSSR count). The second-order valence-corrected chi connectivity index (χ2v) is 4.46. The van der Waals surface area contributed by atoms with Crippen LogP contribution in [0.4, 0.5) is 0 Å². The van der Waals surface area contributed by atoms with E-state index in [1.807, 2.05) is 0 Å². The summed E-state index contributed by atoms with van der Waals surface area (Å²) in [5, 5.41) is 3.49. The lowest BCUT2D eigenvalue weighted by Crippen LogP contribution is -2.52.